The van der Waals surface area contributed by atoms with Crippen molar-refractivity contribution in [2.45, 2.75) is 38.9 Å². The van der Waals surface area contributed by atoms with Crippen LogP contribution in [0.1, 0.15) is 34.1 Å². The highest BCUT2D eigenvalue weighted by molar-refractivity contribution is 8.00. The van der Waals surface area contributed by atoms with Crippen molar-refractivity contribution in [1.82, 2.24) is 4.90 Å². The molecule has 0 radical (unpaired) electrons. The molecule has 0 amide bonds. The number of nitrogens with zero attached hydrogens (tertiary/aromatic N) is 1. The summed E-state index contributed by atoms with van der Waals surface area (Å²) in [4.78, 5) is 2.64. The van der Waals surface area contributed by atoms with Gasteiger partial charge in [-0.25, -0.2) is 0 Å². The molecule has 0 N–H and O–H groups in total. The highest BCUT2D eigenvalue weighted by Gasteiger charge is 2.25. The summed E-state index contributed by atoms with van der Waals surface area (Å²) in [6, 6.07) is 0. The molecular formula is C13H27NS2. The van der Waals surface area contributed by atoms with Crippen molar-refractivity contribution in [2.24, 2.45) is 11.8 Å². The van der Waals surface area contributed by atoms with Gasteiger partial charge in [0.2, 0.25) is 0 Å². The molecule has 3 heteroatoms. The van der Waals surface area contributed by atoms with Crippen molar-refractivity contribution < 1.29 is 0 Å². The lowest BCUT2D eigenvalue weighted by atomic mass is 9.97. The third-order valence-electron chi connectivity index (χ3n) is 3.60. The minimum absolute atomic E-state index is 0.475. The van der Waals surface area contributed by atoms with Gasteiger partial charge in [-0.05, 0) is 30.6 Å². The average molecular weight is 262 g/mol. The van der Waals surface area contributed by atoms with Crippen LogP contribution in [0.4, 0.5) is 0 Å². The van der Waals surface area contributed by atoms with Crippen molar-refractivity contribution in [2.75, 3.05) is 31.1 Å². The lowest BCUT2D eigenvalue weighted by molar-refractivity contribution is 0.221. The van der Waals surface area contributed by atoms with Crippen LogP contribution in [0, 0.1) is 11.8 Å². The van der Waals surface area contributed by atoms with Crippen LogP contribution in [0.5, 0.6) is 0 Å². The molecule has 0 aromatic heterocycles. The molecule has 1 rings (SSSR count). The number of thiol groups is 1. The molecule has 16 heavy (non-hydrogen) atoms. The van der Waals surface area contributed by atoms with Crippen LogP contribution in [0.15, 0.2) is 0 Å². The molecule has 0 spiro atoms. The van der Waals surface area contributed by atoms with E-state index in [4.69, 9.17) is 0 Å². The smallest absolute Gasteiger partial charge is 0.0116 e. The molecule has 1 atom stereocenters. The van der Waals surface area contributed by atoms with Crippen LogP contribution in [0.2, 0.25) is 0 Å². The Hall–Kier alpha value is 0.660. The van der Waals surface area contributed by atoms with E-state index in [0.717, 1.165) is 17.6 Å². The van der Waals surface area contributed by atoms with E-state index < -0.39 is 0 Å². The lowest BCUT2D eigenvalue weighted by Gasteiger charge is -2.28. The summed E-state index contributed by atoms with van der Waals surface area (Å²) >= 11 is 6.61. The summed E-state index contributed by atoms with van der Waals surface area (Å²) < 4.78 is 0.475. The molecule has 0 saturated carbocycles. The van der Waals surface area contributed by atoms with Gasteiger partial charge in [-0.1, -0.05) is 27.7 Å². The quantitative estimate of drug-likeness (QED) is 0.773. The van der Waals surface area contributed by atoms with E-state index in [9.17, 15) is 0 Å². The zero-order valence-electron chi connectivity index (χ0n) is 11.2. The molecule has 0 aromatic carbocycles. The van der Waals surface area contributed by atoms with Crippen LogP contribution < -0.4 is 0 Å². The minimum Gasteiger partial charge on any atom is -0.302 e. The Labute approximate surface area is 111 Å². The topological polar surface area (TPSA) is 3.24 Å². The Balaban J connectivity index is 2.43. The zero-order chi connectivity index (χ0) is 12.2. The van der Waals surface area contributed by atoms with Crippen LogP contribution in [-0.4, -0.2) is 40.8 Å². The van der Waals surface area contributed by atoms with Crippen molar-refractivity contribution in [3.8, 4) is 0 Å². The predicted molar refractivity (Wildman–Crippen MR) is 79.8 cm³/mol. The summed E-state index contributed by atoms with van der Waals surface area (Å²) in [6.45, 7) is 13.1. The van der Waals surface area contributed by atoms with Crippen LogP contribution in [0.25, 0.3) is 0 Å². The summed E-state index contributed by atoms with van der Waals surface area (Å²) in [5.41, 5.74) is 0. The van der Waals surface area contributed by atoms with Crippen molar-refractivity contribution in [1.29, 1.82) is 0 Å². The molecule has 1 nitrogen and oxygen atoms in total. The first kappa shape index (κ1) is 14.7. The van der Waals surface area contributed by atoms with Gasteiger partial charge in [-0.2, -0.15) is 24.4 Å². The van der Waals surface area contributed by atoms with Gasteiger partial charge in [0.1, 0.15) is 0 Å². The zero-order valence-corrected chi connectivity index (χ0v) is 12.9. The van der Waals surface area contributed by atoms with Crippen molar-refractivity contribution in [3.63, 3.8) is 0 Å². The van der Waals surface area contributed by atoms with E-state index in [-0.39, 0.29) is 0 Å². The molecule has 0 aliphatic carbocycles. The Morgan fingerprint density at radius 2 is 2.00 bits per heavy atom. The Kier molecular flexibility index (Phi) is 6.03. The molecular weight excluding hydrogens is 234 g/mol. The molecule has 1 aliphatic rings. The van der Waals surface area contributed by atoms with E-state index in [0.29, 0.717) is 4.75 Å². The second kappa shape index (κ2) is 6.55. The highest BCUT2D eigenvalue weighted by atomic mass is 32.2. The minimum atomic E-state index is 0.475. The molecule has 1 aliphatic heterocycles. The number of hydrogen-bond acceptors (Lipinski definition) is 3. The second-order valence-electron chi connectivity index (χ2n) is 5.85. The van der Waals surface area contributed by atoms with Gasteiger partial charge in [0.25, 0.3) is 0 Å². The van der Waals surface area contributed by atoms with Crippen LogP contribution >= 0.6 is 24.4 Å². The van der Waals surface area contributed by atoms with Gasteiger partial charge in [0.15, 0.2) is 0 Å². The third-order valence-corrected chi connectivity index (χ3v) is 5.44. The maximum Gasteiger partial charge on any atom is 0.0116 e. The van der Waals surface area contributed by atoms with E-state index >= 15 is 0 Å². The Morgan fingerprint density at radius 3 is 2.56 bits per heavy atom. The Morgan fingerprint density at radius 1 is 1.31 bits per heavy atom. The van der Waals surface area contributed by atoms with E-state index in [1.165, 1.54) is 31.8 Å². The standard InChI is InChI=1S/C13H27NS2/c1-11(2)12(10-15)9-14-6-5-13(3,4)16-8-7-14/h11-12,15H,5-10H2,1-4H3. The molecule has 1 heterocycles. The SMILES string of the molecule is CC(C)C(CS)CN1CCSC(C)(C)CC1. The molecule has 1 saturated heterocycles. The van der Waals surface area contributed by atoms with Gasteiger partial charge in [0, 0.05) is 23.6 Å². The van der Waals surface area contributed by atoms with Crippen LogP contribution in [0.3, 0.4) is 0 Å². The fraction of sp³-hybridized carbons (Fsp3) is 1.00. The van der Waals surface area contributed by atoms with Gasteiger partial charge in [-0.3, -0.25) is 0 Å². The fourth-order valence-electron chi connectivity index (χ4n) is 2.06. The van der Waals surface area contributed by atoms with E-state index in [1.807, 2.05) is 0 Å². The van der Waals surface area contributed by atoms with E-state index in [2.05, 4.69) is 57.0 Å². The highest BCUT2D eigenvalue weighted by Crippen LogP contribution is 2.31. The first-order valence-corrected chi connectivity index (χ1v) is 8.03. The molecule has 0 bridgehead atoms. The number of hydrogen-bond donors (Lipinski definition) is 1. The first-order valence-electron chi connectivity index (χ1n) is 6.42. The summed E-state index contributed by atoms with van der Waals surface area (Å²) in [5.74, 6) is 3.80. The molecule has 1 fully saturated rings. The van der Waals surface area contributed by atoms with Gasteiger partial charge < -0.3 is 4.90 Å². The normalized spacial score (nSPS) is 24.4. The second-order valence-corrected chi connectivity index (χ2v) is 8.01. The van der Waals surface area contributed by atoms with Crippen LogP contribution in [-0.2, 0) is 0 Å². The largest absolute Gasteiger partial charge is 0.302 e. The van der Waals surface area contributed by atoms with Crippen molar-refractivity contribution >= 4 is 24.4 Å². The number of rotatable bonds is 4. The Bertz CT molecular complexity index is 204. The number of thioether (sulfide) groups is 1. The third kappa shape index (κ3) is 4.89. The van der Waals surface area contributed by atoms with Gasteiger partial charge >= 0.3 is 0 Å². The predicted octanol–water partition coefficient (Wildman–Crippen LogP) is 3.41. The monoisotopic (exact) mass is 261 g/mol. The maximum atomic E-state index is 4.48. The molecule has 96 valence electrons. The summed E-state index contributed by atoms with van der Waals surface area (Å²) in [6.07, 6.45) is 1.31. The van der Waals surface area contributed by atoms with E-state index in [1.54, 1.807) is 0 Å². The average Bonchev–Trinajstić information content (AvgIpc) is 2.36. The molecule has 0 aromatic rings. The fourth-order valence-corrected chi connectivity index (χ4v) is 3.73. The maximum absolute atomic E-state index is 4.48. The summed E-state index contributed by atoms with van der Waals surface area (Å²) in [7, 11) is 0. The van der Waals surface area contributed by atoms with Gasteiger partial charge in [0.05, 0.1) is 0 Å². The lowest BCUT2D eigenvalue weighted by Crippen LogP contribution is -2.34. The first-order chi connectivity index (χ1) is 7.44. The van der Waals surface area contributed by atoms with Gasteiger partial charge in [-0.15, -0.1) is 0 Å². The molecule has 1 unspecified atom stereocenters. The summed E-state index contributed by atoms with van der Waals surface area (Å²) in [5, 5.41) is 0. The van der Waals surface area contributed by atoms with Crippen molar-refractivity contribution in [3.05, 3.63) is 0 Å².